The van der Waals surface area contributed by atoms with Crippen molar-refractivity contribution < 1.29 is 9.90 Å². The molecule has 2 rings (SSSR count). The van der Waals surface area contributed by atoms with Gasteiger partial charge in [-0.1, -0.05) is 28.1 Å². The molecule has 6 heteroatoms. The highest BCUT2D eigenvalue weighted by Gasteiger charge is 2.10. The molecule has 0 unspecified atom stereocenters. The van der Waals surface area contributed by atoms with Crippen LogP contribution in [-0.4, -0.2) is 16.2 Å². The zero-order chi connectivity index (χ0) is 13.1. The Hall–Kier alpha value is -1.40. The predicted octanol–water partition coefficient (Wildman–Crippen LogP) is 3.89. The summed E-state index contributed by atoms with van der Waals surface area (Å²) in [5, 5.41) is 12.5. The number of aromatic nitrogens is 1. The summed E-state index contributed by atoms with van der Waals surface area (Å²) in [6.07, 6.45) is -0.359. The van der Waals surface area contributed by atoms with E-state index in [-0.39, 0.29) is 0 Å². The second-order valence-corrected chi connectivity index (χ2v) is 5.76. The molecular formula is C12H11BrN2O2S. The Morgan fingerprint density at radius 2 is 2.33 bits per heavy atom. The van der Waals surface area contributed by atoms with Gasteiger partial charge in [-0.2, -0.15) is 0 Å². The summed E-state index contributed by atoms with van der Waals surface area (Å²) in [5.41, 5.74) is 1.85. The molecule has 0 atom stereocenters. The fraction of sp³-hybridized carbons (Fsp3) is 0.167. The van der Waals surface area contributed by atoms with Crippen molar-refractivity contribution in [1.29, 1.82) is 0 Å². The number of halogens is 1. The van der Waals surface area contributed by atoms with E-state index in [1.165, 1.54) is 11.3 Å². The Labute approximate surface area is 117 Å². The molecule has 0 aliphatic carbocycles. The van der Waals surface area contributed by atoms with Crippen molar-refractivity contribution in [1.82, 2.24) is 4.98 Å². The molecule has 0 saturated carbocycles. The van der Waals surface area contributed by atoms with Gasteiger partial charge in [-0.15, -0.1) is 11.3 Å². The monoisotopic (exact) mass is 326 g/mol. The first-order valence-corrected chi connectivity index (χ1v) is 6.86. The van der Waals surface area contributed by atoms with E-state index in [1.54, 1.807) is 6.92 Å². The van der Waals surface area contributed by atoms with E-state index < -0.39 is 6.09 Å². The van der Waals surface area contributed by atoms with Crippen LogP contribution in [0.2, 0.25) is 0 Å². The lowest BCUT2D eigenvalue weighted by Gasteiger charge is -1.98. The minimum Gasteiger partial charge on any atom is -0.465 e. The first kappa shape index (κ1) is 13.0. The minimum atomic E-state index is -1.06. The summed E-state index contributed by atoms with van der Waals surface area (Å²) in [6.45, 7) is 1.80. The van der Waals surface area contributed by atoms with Crippen LogP contribution in [0.25, 0.3) is 0 Å². The van der Waals surface area contributed by atoms with Gasteiger partial charge in [-0.25, -0.2) is 9.78 Å². The molecule has 1 heterocycles. The van der Waals surface area contributed by atoms with Crippen LogP contribution in [0.15, 0.2) is 28.7 Å². The Kier molecular flexibility index (Phi) is 3.98. The summed E-state index contributed by atoms with van der Waals surface area (Å²) >= 11 is 4.79. The summed E-state index contributed by atoms with van der Waals surface area (Å²) < 4.78 is 1.03. The van der Waals surface area contributed by atoms with E-state index in [9.17, 15) is 4.79 Å². The lowest BCUT2D eigenvalue weighted by atomic mass is 10.2. The number of nitrogens with one attached hydrogen (secondary N) is 1. The van der Waals surface area contributed by atoms with Gasteiger partial charge in [0.1, 0.15) is 5.00 Å². The number of hydrogen-bond acceptors (Lipinski definition) is 3. The van der Waals surface area contributed by atoms with Crippen molar-refractivity contribution in [2.75, 3.05) is 5.32 Å². The molecule has 0 spiro atoms. The Bertz CT molecular complexity index is 583. The maximum absolute atomic E-state index is 10.6. The Balaban J connectivity index is 2.17. The van der Waals surface area contributed by atoms with E-state index in [4.69, 9.17) is 5.11 Å². The van der Waals surface area contributed by atoms with E-state index in [1.807, 2.05) is 24.3 Å². The average molecular weight is 327 g/mol. The molecule has 0 radical (unpaired) electrons. The van der Waals surface area contributed by atoms with Crippen molar-refractivity contribution in [3.05, 3.63) is 45.0 Å². The van der Waals surface area contributed by atoms with Crippen molar-refractivity contribution >= 4 is 38.4 Å². The van der Waals surface area contributed by atoms with E-state index in [0.29, 0.717) is 17.1 Å². The Morgan fingerprint density at radius 1 is 1.56 bits per heavy atom. The van der Waals surface area contributed by atoms with Gasteiger partial charge in [0.15, 0.2) is 0 Å². The first-order valence-electron chi connectivity index (χ1n) is 5.25. The normalized spacial score (nSPS) is 10.3. The SMILES string of the molecule is Cc1nc(Cc2cccc(Br)c2)sc1NC(=O)O. The smallest absolute Gasteiger partial charge is 0.409 e. The number of carboxylic acid groups (broad SMARTS) is 1. The third-order valence-corrected chi connectivity index (χ3v) is 3.87. The minimum absolute atomic E-state index is 0.590. The number of hydrogen-bond donors (Lipinski definition) is 2. The predicted molar refractivity (Wildman–Crippen MR) is 75.4 cm³/mol. The van der Waals surface area contributed by atoms with E-state index in [0.717, 1.165) is 15.0 Å². The molecule has 0 aliphatic rings. The summed E-state index contributed by atoms with van der Waals surface area (Å²) in [5.74, 6) is 0. The van der Waals surface area contributed by atoms with Gasteiger partial charge in [-0.3, -0.25) is 5.32 Å². The second kappa shape index (κ2) is 5.49. The first-order chi connectivity index (χ1) is 8.54. The fourth-order valence-corrected chi connectivity index (χ4v) is 3.00. The van der Waals surface area contributed by atoms with Crippen LogP contribution in [0.4, 0.5) is 9.80 Å². The number of anilines is 1. The number of carbonyl (C=O) groups is 1. The quantitative estimate of drug-likeness (QED) is 0.899. The van der Waals surface area contributed by atoms with E-state index >= 15 is 0 Å². The van der Waals surface area contributed by atoms with Crippen LogP contribution in [0.1, 0.15) is 16.3 Å². The summed E-state index contributed by atoms with van der Waals surface area (Å²) in [6, 6.07) is 7.98. The average Bonchev–Trinajstić information content (AvgIpc) is 2.58. The second-order valence-electron chi connectivity index (χ2n) is 3.76. The van der Waals surface area contributed by atoms with Crippen molar-refractivity contribution in [2.45, 2.75) is 13.3 Å². The zero-order valence-corrected chi connectivity index (χ0v) is 12.0. The van der Waals surface area contributed by atoms with Crippen molar-refractivity contribution in [3.8, 4) is 0 Å². The number of nitrogens with zero attached hydrogens (tertiary/aromatic N) is 1. The van der Waals surface area contributed by atoms with Crippen LogP contribution in [0, 0.1) is 6.92 Å². The highest BCUT2D eigenvalue weighted by Crippen LogP contribution is 2.26. The molecule has 0 saturated heterocycles. The molecule has 1 aromatic carbocycles. The molecule has 2 aromatic rings. The Morgan fingerprint density at radius 3 is 3.00 bits per heavy atom. The van der Waals surface area contributed by atoms with Gasteiger partial charge in [0.05, 0.1) is 10.7 Å². The molecule has 2 N–H and O–H groups in total. The van der Waals surface area contributed by atoms with Gasteiger partial charge >= 0.3 is 6.09 Å². The number of rotatable bonds is 3. The van der Waals surface area contributed by atoms with Crippen LogP contribution in [0.3, 0.4) is 0 Å². The zero-order valence-electron chi connectivity index (χ0n) is 9.61. The van der Waals surface area contributed by atoms with Crippen LogP contribution in [-0.2, 0) is 6.42 Å². The maximum atomic E-state index is 10.6. The molecule has 4 nitrogen and oxygen atoms in total. The third kappa shape index (κ3) is 3.30. The molecule has 94 valence electrons. The third-order valence-electron chi connectivity index (χ3n) is 2.31. The lowest BCUT2D eigenvalue weighted by Crippen LogP contribution is -2.06. The highest BCUT2D eigenvalue weighted by molar-refractivity contribution is 9.10. The number of amides is 1. The molecule has 0 fully saturated rings. The van der Waals surface area contributed by atoms with Crippen LogP contribution >= 0.6 is 27.3 Å². The highest BCUT2D eigenvalue weighted by atomic mass is 79.9. The van der Waals surface area contributed by atoms with Crippen molar-refractivity contribution in [2.24, 2.45) is 0 Å². The van der Waals surface area contributed by atoms with E-state index in [2.05, 4.69) is 26.2 Å². The topological polar surface area (TPSA) is 62.2 Å². The summed E-state index contributed by atoms with van der Waals surface area (Å²) in [4.78, 5) is 15.0. The largest absolute Gasteiger partial charge is 0.465 e. The van der Waals surface area contributed by atoms with Crippen LogP contribution < -0.4 is 5.32 Å². The lowest BCUT2D eigenvalue weighted by molar-refractivity contribution is 0.210. The maximum Gasteiger partial charge on any atom is 0.409 e. The fourth-order valence-electron chi connectivity index (χ4n) is 1.56. The number of aryl methyl sites for hydroxylation is 1. The molecule has 1 amide bonds. The van der Waals surface area contributed by atoms with Gasteiger partial charge in [0.2, 0.25) is 0 Å². The molecule has 0 aliphatic heterocycles. The molecule has 0 bridgehead atoms. The number of benzene rings is 1. The van der Waals surface area contributed by atoms with Crippen LogP contribution in [0.5, 0.6) is 0 Å². The molecule has 18 heavy (non-hydrogen) atoms. The molecule has 1 aromatic heterocycles. The standard InChI is InChI=1S/C12H11BrN2O2S/c1-7-11(15-12(16)17)18-10(14-7)6-8-3-2-4-9(13)5-8/h2-5,15H,6H2,1H3,(H,16,17). The number of thiazole rings is 1. The van der Waals surface area contributed by atoms with Crippen molar-refractivity contribution in [3.63, 3.8) is 0 Å². The molecular weight excluding hydrogens is 316 g/mol. The van der Waals surface area contributed by atoms with Gasteiger partial charge < -0.3 is 5.11 Å². The van der Waals surface area contributed by atoms with Gasteiger partial charge in [0.25, 0.3) is 0 Å². The van der Waals surface area contributed by atoms with Gasteiger partial charge in [0, 0.05) is 10.9 Å². The summed E-state index contributed by atoms with van der Waals surface area (Å²) in [7, 11) is 0. The van der Waals surface area contributed by atoms with Gasteiger partial charge in [-0.05, 0) is 24.6 Å².